The van der Waals surface area contributed by atoms with E-state index in [0.29, 0.717) is 34.6 Å². The molecule has 8 nitrogen and oxygen atoms in total. The fraction of sp³-hybridized carbons (Fsp3) is 0.261. The van der Waals surface area contributed by atoms with Crippen molar-refractivity contribution in [2.45, 2.75) is 20.3 Å². The maximum Gasteiger partial charge on any atom is 0.252 e. The number of ether oxygens (including phenoxy) is 2. The summed E-state index contributed by atoms with van der Waals surface area (Å²) in [6, 6.07) is 9.14. The molecule has 3 aromatic rings. The maximum atomic E-state index is 12.1. The number of hydrogen-bond acceptors (Lipinski definition) is 6. The minimum atomic E-state index is -0.609. The van der Waals surface area contributed by atoms with Gasteiger partial charge >= 0.3 is 0 Å². The highest BCUT2D eigenvalue weighted by molar-refractivity contribution is 6.08. The second-order valence-electron chi connectivity index (χ2n) is 6.98. The zero-order chi connectivity index (χ0) is 22.5. The van der Waals surface area contributed by atoms with Gasteiger partial charge in [0.2, 0.25) is 5.91 Å². The molecule has 0 atom stereocenters. The Morgan fingerprint density at radius 2 is 1.84 bits per heavy atom. The van der Waals surface area contributed by atoms with E-state index in [1.807, 2.05) is 32.0 Å². The van der Waals surface area contributed by atoms with Gasteiger partial charge in [-0.15, -0.1) is 0 Å². The summed E-state index contributed by atoms with van der Waals surface area (Å²) < 4.78 is 10.8. The number of anilines is 2. The van der Waals surface area contributed by atoms with Crippen LogP contribution in [0.15, 0.2) is 36.5 Å². The second kappa shape index (κ2) is 9.34. The number of nitrogens with zero attached hydrogens (tertiary/aromatic N) is 1. The van der Waals surface area contributed by atoms with Gasteiger partial charge in [0.05, 0.1) is 37.4 Å². The van der Waals surface area contributed by atoms with Gasteiger partial charge in [0.15, 0.2) is 11.5 Å². The van der Waals surface area contributed by atoms with Crippen molar-refractivity contribution >= 4 is 34.1 Å². The number of amides is 2. The lowest BCUT2D eigenvalue weighted by Gasteiger charge is -2.18. The van der Waals surface area contributed by atoms with Gasteiger partial charge in [-0.2, -0.15) is 0 Å². The third kappa shape index (κ3) is 4.53. The molecule has 2 aromatic carbocycles. The number of carbonyl (C=O) groups excluding carboxylic acids is 2. The highest BCUT2D eigenvalue weighted by Crippen LogP contribution is 2.37. The third-order valence-electron chi connectivity index (χ3n) is 5.07. The average Bonchev–Trinajstić information content (AvgIpc) is 2.75. The molecule has 0 saturated carbocycles. The summed E-state index contributed by atoms with van der Waals surface area (Å²) in [4.78, 5) is 28.6. The number of nitrogens with one attached hydrogen (secondary N) is 2. The molecule has 1 aromatic heterocycles. The maximum absolute atomic E-state index is 12.1. The fourth-order valence-corrected chi connectivity index (χ4v) is 3.42. The van der Waals surface area contributed by atoms with Crippen molar-refractivity contribution < 1.29 is 19.1 Å². The van der Waals surface area contributed by atoms with Gasteiger partial charge in [-0.1, -0.05) is 12.1 Å². The van der Waals surface area contributed by atoms with Gasteiger partial charge in [-0.25, -0.2) is 0 Å². The van der Waals surface area contributed by atoms with Crippen molar-refractivity contribution in [3.8, 4) is 11.5 Å². The van der Waals surface area contributed by atoms with E-state index in [9.17, 15) is 9.59 Å². The minimum Gasteiger partial charge on any atom is -0.493 e. The van der Waals surface area contributed by atoms with E-state index >= 15 is 0 Å². The van der Waals surface area contributed by atoms with Crippen LogP contribution in [0.5, 0.6) is 11.5 Å². The first kappa shape index (κ1) is 21.9. The summed E-state index contributed by atoms with van der Waals surface area (Å²) in [5.41, 5.74) is 9.53. The van der Waals surface area contributed by atoms with Crippen molar-refractivity contribution in [3.63, 3.8) is 0 Å². The normalized spacial score (nSPS) is 10.6. The first-order valence-corrected chi connectivity index (χ1v) is 9.86. The van der Waals surface area contributed by atoms with Crippen LogP contribution in [-0.4, -0.2) is 37.6 Å². The summed E-state index contributed by atoms with van der Waals surface area (Å²) in [7, 11) is 3.08. The van der Waals surface area contributed by atoms with Crippen LogP contribution < -0.4 is 25.8 Å². The summed E-state index contributed by atoms with van der Waals surface area (Å²) in [6.45, 7) is 4.38. The molecule has 31 heavy (non-hydrogen) atoms. The molecule has 0 unspecified atom stereocenters. The lowest BCUT2D eigenvalue weighted by molar-refractivity contribution is -0.120. The van der Waals surface area contributed by atoms with E-state index in [1.165, 1.54) is 13.3 Å². The summed E-state index contributed by atoms with van der Waals surface area (Å²) in [5, 5.41) is 6.79. The van der Waals surface area contributed by atoms with Crippen molar-refractivity contribution in [2.24, 2.45) is 5.73 Å². The molecule has 0 aliphatic rings. The molecule has 1 heterocycles. The number of rotatable bonds is 8. The zero-order valence-corrected chi connectivity index (χ0v) is 18.0. The minimum absolute atomic E-state index is 0.0493. The molecule has 0 aliphatic heterocycles. The largest absolute Gasteiger partial charge is 0.493 e. The Bertz CT molecular complexity index is 1140. The Kier molecular flexibility index (Phi) is 6.59. The Balaban J connectivity index is 2.13. The number of methoxy groups -OCH3 is 2. The molecule has 8 heteroatoms. The van der Waals surface area contributed by atoms with E-state index in [1.54, 1.807) is 19.2 Å². The molecule has 2 amide bonds. The number of pyridine rings is 1. The summed E-state index contributed by atoms with van der Waals surface area (Å²) in [6.07, 6.45) is 1.70. The molecule has 0 bridgehead atoms. The number of hydrogen-bond donors (Lipinski definition) is 3. The van der Waals surface area contributed by atoms with Crippen molar-refractivity contribution in [3.05, 3.63) is 53.2 Å². The summed E-state index contributed by atoms with van der Waals surface area (Å²) in [5.74, 6) is 0.373. The average molecular weight is 422 g/mol. The highest BCUT2D eigenvalue weighted by Gasteiger charge is 2.18. The van der Waals surface area contributed by atoms with Crippen molar-refractivity contribution in [1.29, 1.82) is 0 Å². The van der Waals surface area contributed by atoms with Crippen LogP contribution in [0.3, 0.4) is 0 Å². The van der Waals surface area contributed by atoms with Crippen LogP contribution in [0.25, 0.3) is 10.9 Å². The molecular weight excluding hydrogens is 396 g/mol. The van der Waals surface area contributed by atoms with E-state index in [2.05, 4.69) is 15.6 Å². The van der Waals surface area contributed by atoms with E-state index < -0.39 is 5.91 Å². The van der Waals surface area contributed by atoms with Gasteiger partial charge in [-0.05, 0) is 37.1 Å². The Hall–Kier alpha value is -3.81. The second-order valence-corrected chi connectivity index (χ2v) is 6.98. The van der Waals surface area contributed by atoms with Gasteiger partial charge < -0.3 is 25.8 Å². The Morgan fingerprint density at radius 1 is 1.13 bits per heavy atom. The number of aromatic nitrogens is 1. The molecule has 0 fully saturated rings. The van der Waals surface area contributed by atoms with Crippen molar-refractivity contribution in [1.82, 2.24) is 10.3 Å². The van der Waals surface area contributed by atoms with Crippen LogP contribution >= 0.6 is 0 Å². The molecule has 0 saturated heterocycles. The van der Waals surface area contributed by atoms with E-state index in [0.717, 1.165) is 16.8 Å². The topological polar surface area (TPSA) is 116 Å². The molecule has 0 radical (unpaired) electrons. The first-order chi connectivity index (χ1) is 14.9. The Labute approximate surface area is 180 Å². The SMILES string of the molecule is CCNC(=O)Cc1cccc(Nc2c(C(N)=O)cnc3cc(OC)c(OC)cc23)c1C. The van der Waals surface area contributed by atoms with Crippen LogP contribution in [0.4, 0.5) is 11.4 Å². The molecule has 3 rings (SSSR count). The third-order valence-corrected chi connectivity index (χ3v) is 5.07. The lowest BCUT2D eigenvalue weighted by Crippen LogP contribution is -2.24. The van der Waals surface area contributed by atoms with E-state index in [4.69, 9.17) is 15.2 Å². The number of nitrogens with two attached hydrogens (primary N) is 1. The van der Waals surface area contributed by atoms with Gasteiger partial charge in [0, 0.05) is 29.9 Å². The number of fused-ring (bicyclic) bond motifs is 1. The number of benzene rings is 2. The standard InChI is InChI=1S/C23H26N4O4/c1-5-25-21(28)9-14-7-6-8-17(13(14)2)27-22-15-10-19(30-3)20(31-4)11-18(15)26-12-16(22)23(24)29/h6-8,10-12H,5,9H2,1-4H3,(H2,24,29)(H,25,28)(H,26,27). The van der Waals surface area contributed by atoms with Crippen molar-refractivity contribution in [2.75, 3.05) is 26.1 Å². The quantitative estimate of drug-likeness (QED) is 0.514. The molecular formula is C23H26N4O4. The Morgan fingerprint density at radius 3 is 2.48 bits per heavy atom. The van der Waals surface area contributed by atoms with Gasteiger partial charge in [-0.3, -0.25) is 14.6 Å². The summed E-state index contributed by atoms with van der Waals surface area (Å²) >= 11 is 0. The molecule has 4 N–H and O–H groups in total. The molecule has 0 aliphatic carbocycles. The predicted molar refractivity (Wildman–Crippen MR) is 120 cm³/mol. The fourth-order valence-electron chi connectivity index (χ4n) is 3.42. The van der Waals surface area contributed by atoms with Gasteiger partial charge in [0.25, 0.3) is 5.91 Å². The molecule has 162 valence electrons. The molecule has 0 spiro atoms. The monoisotopic (exact) mass is 422 g/mol. The van der Waals surface area contributed by atoms with Gasteiger partial charge in [0.1, 0.15) is 0 Å². The predicted octanol–water partition coefficient (Wildman–Crippen LogP) is 3.08. The number of likely N-dealkylation sites (N-methyl/N-ethyl adjacent to an activating group) is 1. The van der Waals surface area contributed by atoms with E-state index in [-0.39, 0.29) is 17.9 Å². The van der Waals surface area contributed by atoms with Crippen LogP contribution in [0.2, 0.25) is 0 Å². The smallest absolute Gasteiger partial charge is 0.252 e. The lowest BCUT2D eigenvalue weighted by atomic mass is 10.0. The number of primary amides is 1. The highest BCUT2D eigenvalue weighted by atomic mass is 16.5. The number of carbonyl (C=O) groups is 2. The van der Waals surface area contributed by atoms with Crippen LogP contribution in [-0.2, 0) is 11.2 Å². The van der Waals surface area contributed by atoms with Crippen LogP contribution in [0.1, 0.15) is 28.4 Å². The van der Waals surface area contributed by atoms with Crippen LogP contribution in [0, 0.1) is 6.92 Å². The first-order valence-electron chi connectivity index (χ1n) is 9.86. The zero-order valence-electron chi connectivity index (χ0n) is 18.0.